The summed E-state index contributed by atoms with van der Waals surface area (Å²) in [5.74, 6) is -11.9. The highest BCUT2D eigenvalue weighted by Crippen LogP contribution is 2.08. The molecule has 40 nitrogen and oxygen atoms in total. The van der Waals surface area contributed by atoms with E-state index in [2.05, 4.69) is 46.2 Å². The van der Waals surface area contributed by atoms with E-state index in [1.807, 2.05) is 45.2 Å². The molecule has 2 aliphatic rings. The van der Waals surface area contributed by atoms with E-state index < -0.39 is 133 Å². The quantitative estimate of drug-likeness (QED) is 0.00682. The maximum absolute atomic E-state index is 11.8. The first-order chi connectivity index (χ1) is 46.1. The van der Waals surface area contributed by atoms with E-state index in [1.165, 1.54) is 0 Å². The third-order valence-corrected chi connectivity index (χ3v) is 12.4. The lowest BCUT2D eigenvalue weighted by Crippen LogP contribution is -2.47. The van der Waals surface area contributed by atoms with Gasteiger partial charge >= 0.3 is 23.9 Å². The van der Waals surface area contributed by atoms with Crippen molar-refractivity contribution in [3.8, 4) is 0 Å². The first kappa shape index (κ1) is 74.9. The molecule has 0 aromatic rings. The number of hydrogen-bond donors (Lipinski definition) is 19. The number of primary amides is 1. The van der Waals surface area contributed by atoms with Crippen LogP contribution in [0.25, 0.3) is 0 Å². The summed E-state index contributed by atoms with van der Waals surface area (Å²) >= 11 is 5.31. The predicted molar refractivity (Wildman–Crippen MR) is 363 cm³/mol. The molecule has 5 unspecified atom stereocenters. The summed E-state index contributed by atoms with van der Waals surface area (Å²) in [5, 5.41) is 47.1. The van der Waals surface area contributed by atoms with Crippen LogP contribution in [-0.2, 0) is 67.1 Å². The van der Waals surface area contributed by atoms with E-state index in [0.29, 0.717) is 56.5 Å². The van der Waals surface area contributed by atoms with Crippen molar-refractivity contribution in [3.63, 3.8) is 0 Å². The molecular formula is C50H83I3N22O18. The Hall–Kier alpha value is -8.80. The fourth-order valence-corrected chi connectivity index (χ4v) is 6.79. The molecule has 0 fully saturated rings. The Kier molecular flexibility index (Phi) is 41.7. The number of amides is 10. The number of halogens is 3. The van der Waals surface area contributed by atoms with Crippen LogP contribution in [0.15, 0.2) is 49.3 Å². The number of amidine groups is 1. The topological polar surface area (TPSA) is 709 Å². The number of hydrogen-bond acceptors (Lipinski definition) is 19. The molecule has 5 atom stereocenters. The van der Waals surface area contributed by atoms with Gasteiger partial charge in [0.25, 0.3) is 23.6 Å². The Morgan fingerprint density at radius 1 is 0.473 bits per heavy atom. The number of nitrogens with one attached hydrogen (secondary N) is 5. The zero-order chi connectivity index (χ0) is 78.1. The second kappa shape index (κ2) is 51.8. The summed E-state index contributed by atoms with van der Waals surface area (Å²) in [6.07, 6.45) is -0.384. The lowest BCUT2D eigenvalue weighted by atomic mass is 10.1. The van der Waals surface area contributed by atoms with Gasteiger partial charge in [0, 0.05) is 75.4 Å². The second-order valence-electron chi connectivity index (χ2n) is 17.9. The van der Waals surface area contributed by atoms with Gasteiger partial charge in [-0.2, -0.15) is 0 Å². The molecule has 0 aromatic heterocycles. The Bertz CT molecular complexity index is 3010. The molecule has 0 saturated heterocycles. The SMILES string of the molecule is NC(=O)C(CCCN=C(N)N)NC(=O)CI.NC(N)=NCCCC(NC(=O)CCN1C(=O)C=CC1=O)C(=O)O.NC(N)=NCCCC(NC(=O)CI)C(=O)O.NC(N)=NCCCC(NC(=O)CN1C(=O)C=CC1=O)C(=O)O.[2H]C([2H])(N=C(C)N)C([2H])([2H])C([2H])([2H])C([2H])(NC(=O)CI)C(=O)O. The van der Waals surface area contributed by atoms with Crippen molar-refractivity contribution in [2.24, 2.45) is 82.3 Å². The van der Waals surface area contributed by atoms with Gasteiger partial charge in [0.05, 0.1) is 23.2 Å². The number of aliphatic imine (C=N–C) groups is 5. The fourth-order valence-electron chi connectivity index (χ4n) is 6.16. The van der Waals surface area contributed by atoms with E-state index in [-0.39, 0.29) is 87.8 Å². The first-order valence-electron chi connectivity index (χ1n) is 30.1. The smallest absolute Gasteiger partial charge is 0.326 e. The molecule has 0 aliphatic carbocycles. The molecule has 29 N–H and O–H groups in total. The maximum atomic E-state index is 11.8. The van der Waals surface area contributed by atoms with E-state index >= 15 is 0 Å². The Morgan fingerprint density at radius 2 is 0.785 bits per heavy atom. The Labute approximate surface area is 583 Å². The lowest BCUT2D eigenvalue weighted by molar-refractivity contribution is -0.144. The first-order valence-corrected chi connectivity index (χ1v) is 31.2. The summed E-state index contributed by atoms with van der Waals surface area (Å²) in [6.45, 7) is -1.53. The van der Waals surface area contributed by atoms with Crippen LogP contribution >= 0.6 is 67.8 Å². The van der Waals surface area contributed by atoms with Crippen molar-refractivity contribution >= 4 is 180 Å². The van der Waals surface area contributed by atoms with Gasteiger partial charge in [0.15, 0.2) is 23.8 Å². The largest absolute Gasteiger partial charge is 0.480 e. The van der Waals surface area contributed by atoms with Crippen molar-refractivity contribution in [2.75, 3.05) is 59.0 Å². The number of nitrogens with two attached hydrogens (primary N) is 10. The zero-order valence-corrected chi connectivity index (χ0v) is 56.4. The molecule has 2 heterocycles. The highest BCUT2D eigenvalue weighted by molar-refractivity contribution is 14.1. The summed E-state index contributed by atoms with van der Waals surface area (Å²) in [4.78, 5) is 177. The van der Waals surface area contributed by atoms with Crippen LogP contribution < -0.4 is 83.9 Å². The number of imide groups is 2. The van der Waals surface area contributed by atoms with Gasteiger partial charge in [-0.05, 0) is 71.0 Å². The zero-order valence-electron chi connectivity index (χ0n) is 56.9. The number of guanidine groups is 4. The molecule has 2 aliphatic heterocycles. The molecular weight excluding hydrogens is 1580 g/mol. The Balaban J connectivity index is -0.00000119. The van der Waals surface area contributed by atoms with Gasteiger partial charge in [0.2, 0.25) is 35.4 Å². The molecule has 93 heavy (non-hydrogen) atoms. The number of carbonyl (C=O) groups is 14. The summed E-state index contributed by atoms with van der Waals surface area (Å²) < 4.78 is 53.9. The Morgan fingerprint density at radius 3 is 1.10 bits per heavy atom. The van der Waals surface area contributed by atoms with Crippen LogP contribution in [-0.4, -0.2) is 232 Å². The minimum atomic E-state index is -3.70. The average Bonchev–Trinajstić information content (AvgIpc) is 0.902. The van der Waals surface area contributed by atoms with E-state index in [9.17, 15) is 67.1 Å². The van der Waals surface area contributed by atoms with Crippen LogP contribution in [0.3, 0.4) is 0 Å². The highest BCUT2D eigenvalue weighted by atomic mass is 127. The van der Waals surface area contributed by atoms with Crippen molar-refractivity contribution in [3.05, 3.63) is 24.3 Å². The molecule has 0 radical (unpaired) electrons. The maximum Gasteiger partial charge on any atom is 0.326 e. The van der Waals surface area contributed by atoms with Gasteiger partial charge < -0.3 is 104 Å². The molecule has 2 rings (SSSR count). The monoisotopic (exact) mass is 1670 g/mol. The van der Waals surface area contributed by atoms with Gasteiger partial charge in [-0.15, -0.1) is 0 Å². The number of carbonyl (C=O) groups excluding carboxylic acids is 10. The minimum absolute atomic E-state index is 0.00641. The number of carboxylic acids is 4. The van der Waals surface area contributed by atoms with E-state index in [4.69, 9.17) is 87.4 Å². The molecule has 0 bridgehead atoms. The standard InChI is InChI=1S/C13H19N5O5.C12H17N5O5.C9H16IN3O3.C8H16IN5O2.C8H15IN4O3/c14-13(15)16-6-1-2-8(12(22)23)17-9(19)5-7-18-10(20)3-4-11(18)21;13-12(14)15-5-1-2-7(11(21)22)16-8(18)6-17-9(19)3-4-10(17)20;1-6(11)12-4-2-3-7(9(15)16)13-8(14)5-10;9-4-6(15)14-5(7(10)16)2-1-3-13-8(11)12;9-4-6(14)13-5(7(15)16)2-1-3-12-8(10)11/h3-4,8H,1-2,5-7H2,(H,17,19)(H,22,23)(H4,14,15,16);3-4,7H,1-2,5-6H2,(H,16,18)(H,21,22)(H4,13,14,15);7H,2-5H2,1H3,(H2,11,12)(H,13,14)(H,15,16);5H,1-4H2,(H2,10,16)(H,14,15)(H4,11,12,13);5H,1-4H2,(H,13,14)(H,15,16)(H4,10,11,12)/i;;2D2,3D2,4D2,7D;;. The van der Waals surface area contributed by atoms with Crippen LogP contribution in [0.1, 0.15) is 87.1 Å². The predicted octanol–water partition coefficient (Wildman–Crippen LogP) is -6.90. The molecule has 0 spiro atoms. The second-order valence-corrected chi connectivity index (χ2v) is 20.2. The van der Waals surface area contributed by atoms with Crippen molar-refractivity contribution in [1.29, 1.82) is 0 Å². The van der Waals surface area contributed by atoms with Gasteiger partial charge in [-0.1, -0.05) is 67.8 Å². The van der Waals surface area contributed by atoms with Gasteiger partial charge in [-0.3, -0.25) is 82.7 Å². The summed E-state index contributed by atoms with van der Waals surface area (Å²) in [5.41, 5.74) is 51.4. The van der Waals surface area contributed by atoms with Crippen molar-refractivity contribution in [1.82, 2.24) is 36.4 Å². The van der Waals surface area contributed by atoms with Gasteiger partial charge in [-0.25, -0.2) is 19.2 Å². The van der Waals surface area contributed by atoms with Gasteiger partial charge in [0.1, 0.15) is 36.7 Å². The number of aliphatic carboxylic acids is 4. The normalized spacial score (nSPS) is 15.3. The summed E-state index contributed by atoms with van der Waals surface area (Å²) in [7, 11) is 0. The highest BCUT2D eigenvalue weighted by Gasteiger charge is 2.29. The van der Waals surface area contributed by atoms with Crippen molar-refractivity contribution in [2.45, 2.75) is 108 Å². The van der Waals surface area contributed by atoms with Crippen LogP contribution in [0, 0.1) is 0 Å². The van der Waals surface area contributed by atoms with E-state index in [1.54, 1.807) is 27.9 Å². The number of alkyl halides is 3. The van der Waals surface area contributed by atoms with E-state index in [0.717, 1.165) is 36.1 Å². The number of nitrogens with zero attached hydrogens (tertiary/aromatic N) is 7. The number of rotatable bonds is 38. The number of carboxylic acid groups (broad SMARTS) is 4. The van der Waals surface area contributed by atoms with Crippen LogP contribution in [0.5, 0.6) is 0 Å². The lowest BCUT2D eigenvalue weighted by Gasteiger charge is -2.17. The minimum Gasteiger partial charge on any atom is -0.480 e. The molecule has 10 amide bonds. The van der Waals surface area contributed by atoms with Crippen LogP contribution in [0.4, 0.5) is 0 Å². The molecule has 43 heteroatoms. The molecule has 522 valence electrons. The average molecular weight is 1670 g/mol. The third kappa shape index (κ3) is 47.7. The third-order valence-electron chi connectivity index (χ3n) is 10.3. The molecule has 0 saturated carbocycles. The summed E-state index contributed by atoms with van der Waals surface area (Å²) in [6, 6.07) is -7.25. The van der Waals surface area contributed by atoms with Crippen molar-refractivity contribution < 1.29 is 97.1 Å². The molecule has 0 aromatic carbocycles. The van der Waals surface area contributed by atoms with Crippen LogP contribution in [0.2, 0.25) is 0 Å². The fraction of sp³-hybridized carbons (Fsp3) is 0.540.